The van der Waals surface area contributed by atoms with Crippen molar-refractivity contribution >= 4 is 5.91 Å². The van der Waals surface area contributed by atoms with E-state index in [0.717, 1.165) is 24.0 Å². The molecule has 2 aromatic rings. The number of hydrogen-bond donors (Lipinski definition) is 2. The van der Waals surface area contributed by atoms with Crippen LogP contribution in [-0.2, 0) is 10.4 Å². The predicted molar refractivity (Wildman–Crippen MR) is 103 cm³/mol. The molecule has 0 saturated carbocycles. The Kier molecular flexibility index (Phi) is 7.19. The van der Waals surface area contributed by atoms with Crippen LogP contribution in [0.3, 0.4) is 0 Å². The normalized spacial score (nSPS) is 16.0. The number of carbonyl (C=O) groups excluding carboxylic acids is 1. The van der Waals surface area contributed by atoms with E-state index in [-0.39, 0.29) is 24.0 Å². The zero-order valence-corrected chi connectivity index (χ0v) is 18.0. The first-order valence-electron chi connectivity index (χ1n) is 9.03. The molecule has 0 saturated heterocycles. The van der Waals surface area contributed by atoms with Gasteiger partial charge in [-0.15, -0.1) is 0 Å². The Labute approximate surface area is 178 Å². The molecule has 2 aromatic carbocycles. The van der Waals surface area contributed by atoms with E-state index >= 15 is 0 Å². The van der Waals surface area contributed by atoms with Crippen LogP contribution >= 0.6 is 0 Å². The highest BCUT2D eigenvalue weighted by Gasteiger charge is 2.39. The van der Waals surface area contributed by atoms with Crippen LogP contribution in [0.5, 0.6) is 0 Å². The van der Waals surface area contributed by atoms with Gasteiger partial charge in [0.25, 0.3) is 5.91 Å². The number of nitrogens with one attached hydrogen (secondary N) is 1. The molecular weight excluding hydrogens is 451 g/mol. The van der Waals surface area contributed by atoms with E-state index < -0.39 is 11.5 Å². The van der Waals surface area contributed by atoms with Crippen LogP contribution in [0.15, 0.2) is 72.3 Å². The van der Waals surface area contributed by atoms with E-state index in [2.05, 4.69) is 25.5 Å². The number of benzene rings is 2. The molecule has 144 valence electrons. The van der Waals surface area contributed by atoms with Crippen molar-refractivity contribution < 1.29 is 38.4 Å². The Morgan fingerprint density at radius 2 is 1.56 bits per heavy atom. The molecule has 3 rings (SSSR count). The SMILES string of the molecule is C[N+]1(C)CC=C(CNC(=O)C(O)(c2ccccc2)c2ccccc2)CC1.[I-]. The Hall–Kier alpha value is -1.70. The van der Waals surface area contributed by atoms with E-state index in [9.17, 15) is 9.90 Å². The Morgan fingerprint density at radius 3 is 2.00 bits per heavy atom. The number of aliphatic hydroxyl groups is 1. The molecule has 1 aliphatic heterocycles. The van der Waals surface area contributed by atoms with Crippen LogP contribution in [0.4, 0.5) is 0 Å². The minimum absolute atomic E-state index is 0. The van der Waals surface area contributed by atoms with Gasteiger partial charge in [0.1, 0.15) is 0 Å². The van der Waals surface area contributed by atoms with Crippen molar-refractivity contribution in [2.75, 3.05) is 33.7 Å². The second kappa shape index (κ2) is 8.99. The molecule has 4 nitrogen and oxygen atoms in total. The quantitative estimate of drug-likeness (QED) is 0.345. The lowest BCUT2D eigenvalue weighted by molar-refractivity contribution is -0.885. The largest absolute Gasteiger partial charge is 1.00 e. The molecule has 1 amide bonds. The maximum absolute atomic E-state index is 13.0. The van der Waals surface area contributed by atoms with Gasteiger partial charge >= 0.3 is 0 Å². The van der Waals surface area contributed by atoms with Gasteiger partial charge in [-0.25, -0.2) is 0 Å². The summed E-state index contributed by atoms with van der Waals surface area (Å²) < 4.78 is 0.968. The highest BCUT2D eigenvalue weighted by atomic mass is 127. The summed E-state index contributed by atoms with van der Waals surface area (Å²) in [5, 5.41) is 14.4. The fraction of sp³-hybridized carbons (Fsp3) is 0.318. The monoisotopic (exact) mass is 478 g/mol. The topological polar surface area (TPSA) is 49.3 Å². The van der Waals surface area contributed by atoms with E-state index in [1.807, 2.05) is 36.4 Å². The molecule has 27 heavy (non-hydrogen) atoms. The second-order valence-corrected chi connectivity index (χ2v) is 7.58. The fourth-order valence-corrected chi connectivity index (χ4v) is 3.29. The highest BCUT2D eigenvalue weighted by Crippen LogP contribution is 2.30. The van der Waals surface area contributed by atoms with Crippen molar-refractivity contribution in [3.05, 3.63) is 83.4 Å². The van der Waals surface area contributed by atoms with Crippen molar-refractivity contribution in [1.82, 2.24) is 5.32 Å². The average Bonchev–Trinajstić information content (AvgIpc) is 2.67. The lowest BCUT2D eigenvalue weighted by Crippen LogP contribution is -3.00. The number of amides is 1. The van der Waals surface area contributed by atoms with Crippen molar-refractivity contribution in [3.8, 4) is 0 Å². The minimum Gasteiger partial charge on any atom is -1.00 e. The van der Waals surface area contributed by atoms with Gasteiger partial charge in [-0.1, -0.05) is 60.7 Å². The van der Waals surface area contributed by atoms with Crippen LogP contribution in [0.1, 0.15) is 17.5 Å². The van der Waals surface area contributed by atoms with Gasteiger partial charge in [0, 0.05) is 13.0 Å². The van der Waals surface area contributed by atoms with Gasteiger partial charge in [0.2, 0.25) is 0 Å². The molecule has 0 spiro atoms. The number of hydrogen-bond acceptors (Lipinski definition) is 2. The first kappa shape index (κ1) is 21.6. The minimum atomic E-state index is -1.70. The molecule has 1 aliphatic rings. The van der Waals surface area contributed by atoms with E-state index in [1.54, 1.807) is 24.3 Å². The van der Waals surface area contributed by atoms with Gasteiger partial charge in [0.15, 0.2) is 5.60 Å². The Bertz CT molecular complexity index is 749. The third-order valence-corrected chi connectivity index (χ3v) is 5.10. The lowest BCUT2D eigenvalue weighted by atomic mass is 9.85. The number of likely N-dealkylation sites (N-methyl/N-ethyl adjacent to an activating group) is 1. The standard InChI is InChI=1S/C22H26N2O2.HI/c1-24(2)15-13-18(14-16-24)17-23-21(25)22(26,19-9-5-3-6-10-19)20-11-7-4-8-12-20;/h3-13,26H,14-17H2,1-2H3;1H. The first-order valence-corrected chi connectivity index (χ1v) is 9.03. The van der Waals surface area contributed by atoms with Crippen LogP contribution < -0.4 is 29.3 Å². The van der Waals surface area contributed by atoms with E-state index in [0.29, 0.717) is 17.7 Å². The van der Waals surface area contributed by atoms with Crippen molar-refractivity contribution in [2.24, 2.45) is 0 Å². The summed E-state index contributed by atoms with van der Waals surface area (Å²) >= 11 is 0. The third kappa shape index (κ3) is 4.97. The Balaban J connectivity index is 0.00000261. The fourth-order valence-electron chi connectivity index (χ4n) is 3.29. The molecule has 0 unspecified atom stereocenters. The maximum Gasteiger partial charge on any atom is 0.261 e. The number of quaternary nitrogens is 1. The summed E-state index contributed by atoms with van der Waals surface area (Å²) in [6.45, 7) is 2.50. The molecular formula is C22H27IN2O2. The molecule has 0 aliphatic carbocycles. The summed E-state index contributed by atoms with van der Waals surface area (Å²) in [6, 6.07) is 18.2. The zero-order chi connectivity index (χ0) is 18.6. The van der Waals surface area contributed by atoms with Crippen LogP contribution in [0, 0.1) is 0 Å². The van der Waals surface area contributed by atoms with Gasteiger partial charge in [-0.3, -0.25) is 4.79 Å². The predicted octanol–water partition coefficient (Wildman–Crippen LogP) is -0.551. The third-order valence-electron chi connectivity index (χ3n) is 5.10. The first-order chi connectivity index (χ1) is 12.4. The van der Waals surface area contributed by atoms with Crippen molar-refractivity contribution in [1.29, 1.82) is 0 Å². The molecule has 0 aromatic heterocycles. The highest BCUT2D eigenvalue weighted by molar-refractivity contribution is 5.90. The van der Waals surface area contributed by atoms with E-state index in [1.165, 1.54) is 5.57 Å². The molecule has 1 heterocycles. The summed E-state index contributed by atoms with van der Waals surface area (Å²) in [4.78, 5) is 13.0. The number of carbonyl (C=O) groups is 1. The number of rotatable bonds is 5. The molecule has 0 bridgehead atoms. The summed E-state index contributed by atoms with van der Waals surface area (Å²) in [5.41, 5.74) is 0.658. The lowest BCUT2D eigenvalue weighted by Gasteiger charge is -2.33. The molecule has 0 radical (unpaired) electrons. The van der Waals surface area contributed by atoms with E-state index in [4.69, 9.17) is 0 Å². The van der Waals surface area contributed by atoms with Crippen LogP contribution in [-0.4, -0.2) is 49.2 Å². The molecule has 5 heteroatoms. The van der Waals surface area contributed by atoms with Crippen LogP contribution in [0.25, 0.3) is 0 Å². The molecule has 0 fully saturated rings. The summed E-state index contributed by atoms with van der Waals surface area (Å²) in [6.07, 6.45) is 3.16. The van der Waals surface area contributed by atoms with Crippen LogP contribution in [0.2, 0.25) is 0 Å². The number of halogens is 1. The molecule has 0 atom stereocenters. The number of nitrogens with zero attached hydrogens (tertiary/aromatic N) is 1. The van der Waals surface area contributed by atoms with Crippen molar-refractivity contribution in [2.45, 2.75) is 12.0 Å². The average molecular weight is 478 g/mol. The smallest absolute Gasteiger partial charge is 0.261 e. The summed E-state index contributed by atoms with van der Waals surface area (Å²) in [5.74, 6) is -0.393. The molecule has 2 N–H and O–H groups in total. The van der Waals surface area contributed by atoms with Gasteiger partial charge in [-0.2, -0.15) is 0 Å². The Morgan fingerprint density at radius 1 is 1.04 bits per heavy atom. The second-order valence-electron chi connectivity index (χ2n) is 7.58. The van der Waals surface area contributed by atoms with Crippen molar-refractivity contribution in [3.63, 3.8) is 0 Å². The van der Waals surface area contributed by atoms with Gasteiger partial charge in [0.05, 0.1) is 27.2 Å². The zero-order valence-electron chi connectivity index (χ0n) is 15.9. The maximum atomic E-state index is 13.0. The summed E-state index contributed by atoms with van der Waals surface area (Å²) in [7, 11) is 4.41. The van der Waals surface area contributed by atoms with Gasteiger partial charge in [-0.05, 0) is 22.8 Å². The van der Waals surface area contributed by atoms with Gasteiger partial charge < -0.3 is 38.9 Å².